The maximum absolute atomic E-state index is 9.31. The highest BCUT2D eigenvalue weighted by atomic mass is 15.0. The van der Waals surface area contributed by atoms with Crippen molar-refractivity contribution in [3.63, 3.8) is 0 Å². The van der Waals surface area contributed by atoms with E-state index in [0.29, 0.717) is 5.57 Å². The average Bonchev–Trinajstić information content (AvgIpc) is 3.04. The topological polar surface area (TPSA) is 46.0 Å². The lowest BCUT2D eigenvalue weighted by atomic mass is 10.1. The first-order valence-electron chi connectivity index (χ1n) is 5.94. The van der Waals surface area contributed by atoms with Gasteiger partial charge in [-0.05, 0) is 35.9 Å². The lowest BCUT2D eigenvalue weighted by Crippen LogP contribution is -1.93. The van der Waals surface area contributed by atoms with Gasteiger partial charge in [0.2, 0.25) is 0 Å². The molecular formula is C15H12N4. The van der Waals surface area contributed by atoms with E-state index in [1.807, 2.05) is 64.9 Å². The molecule has 0 amide bonds. The highest BCUT2D eigenvalue weighted by molar-refractivity contribution is 5.88. The predicted octanol–water partition coefficient (Wildman–Crippen LogP) is 2.74. The molecule has 0 aliphatic carbocycles. The molecular weight excluding hydrogens is 236 g/mol. The van der Waals surface area contributed by atoms with Crippen LogP contribution in [-0.2, 0) is 7.05 Å². The third-order valence-electron chi connectivity index (χ3n) is 3.06. The summed E-state index contributed by atoms with van der Waals surface area (Å²) in [7, 11) is 1.93. The van der Waals surface area contributed by atoms with Gasteiger partial charge in [-0.2, -0.15) is 5.26 Å². The van der Waals surface area contributed by atoms with Crippen LogP contribution in [0.2, 0.25) is 0 Å². The second-order valence-electron chi connectivity index (χ2n) is 4.33. The number of nitriles is 1. The number of aryl methyl sites for hydroxylation is 1. The van der Waals surface area contributed by atoms with Gasteiger partial charge in [-0.3, -0.25) is 0 Å². The van der Waals surface area contributed by atoms with Crippen LogP contribution in [0.4, 0.5) is 0 Å². The van der Waals surface area contributed by atoms with Gasteiger partial charge >= 0.3 is 0 Å². The van der Waals surface area contributed by atoms with Gasteiger partial charge in [-0.1, -0.05) is 0 Å². The van der Waals surface area contributed by atoms with Crippen molar-refractivity contribution in [1.82, 2.24) is 14.0 Å². The van der Waals surface area contributed by atoms with Crippen LogP contribution in [0.25, 0.3) is 17.3 Å². The number of pyridine rings is 1. The molecule has 0 unspecified atom stereocenters. The number of hydrogen-bond acceptors (Lipinski definition) is 2. The van der Waals surface area contributed by atoms with E-state index < -0.39 is 0 Å². The summed E-state index contributed by atoms with van der Waals surface area (Å²) in [6.45, 7) is 0. The monoisotopic (exact) mass is 248 g/mol. The molecule has 0 saturated carbocycles. The van der Waals surface area contributed by atoms with Gasteiger partial charge in [0.05, 0.1) is 11.3 Å². The van der Waals surface area contributed by atoms with Gasteiger partial charge in [0, 0.05) is 31.8 Å². The molecule has 3 rings (SSSR count). The molecule has 19 heavy (non-hydrogen) atoms. The van der Waals surface area contributed by atoms with Gasteiger partial charge in [-0.25, -0.2) is 4.98 Å². The number of rotatable bonds is 2. The number of imidazole rings is 1. The van der Waals surface area contributed by atoms with Gasteiger partial charge in [-0.15, -0.1) is 0 Å². The summed E-state index contributed by atoms with van der Waals surface area (Å²) in [5, 5.41) is 9.31. The zero-order valence-electron chi connectivity index (χ0n) is 10.5. The zero-order chi connectivity index (χ0) is 13.2. The molecule has 0 spiro atoms. The van der Waals surface area contributed by atoms with Crippen molar-refractivity contribution < 1.29 is 0 Å². The van der Waals surface area contributed by atoms with Crippen LogP contribution >= 0.6 is 0 Å². The van der Waals surface area contributed by atoms with Crippen molar-refractivity contribution in [2.45, 2.75) is 0 Å². The zero-order valence-corrected chi connectivity index (χ0v) is 10.5. The quantitative estimate of drug-likeness (QED) is 0.655. The first kappa shape index (κ1) is 11.3. The van der Waals surface area contributed by atoms with E-state index in [1.54, 1.807) is 6.20 Å². The Morgan fingerprint density at radius 3 is 2.95 bits per heavy atom. The number of nitrogens with zero attached hydrogens (tertiary/aromatic N) is 4. The van der Waals surface area contributed by atoms with Crippen LogP contribution in [-0.4, -0.2) is 14.0 Å². The summed E-state index contributed by atoms with van der Waals surface area (Å²) in [6.07, 6.45) is 9.42. The lowest BCUT2D eigenvalue weighted by Gasteiger charge is -2.02. The Bertz CT molecular complexity index is 799. The summed E-state index contributed by atoms with van der Waals surface area (Å²) in [5.74, 6) is 0. The third kappa shape index (κ3) is 2.02. The van der Waals surface area contributed by atoms with E-state index in [4.69, 9.17) is 0 Å². The Kier molecular flexibility index (Phi) is 2.66. The second-order valence-corrected chi connectivity index (χ2v) is 4.33. The Hall–Kier alpha value is -2.80. The van der Waals surface area contributed by atoms with Crippen LogP contribution in [0.5, 0.6) is 0 Å². The molecule has 4 nitrogen and oxygen atoms in total. The fourth-order valence-electron chi connectivity index (χ4n) is 2.09. The smallest absolute Gasteiger partial charge is 0.136 e. The molecule has 0 radical (unpaired) electrons. The fourth-order valence-corrected chi connectivity index (χ4v) is 2.09. The molecule has 3 aromatic rings. The van der Waals surface area contributed by atoms with E-state index >= 15 is 0 Å². The third-order valence-corrected chi connectivity index (χ3v) is 3.06. The largest absolute Gasteiger partial charge is 0.350 e. The molecule has 3 aromatic heterocycles. The standard InChI is InChI=1S/C15H12N4/c1-18-7-2-3-14(18)13(10-16)9-12-4-5-15-17-6-8-19(15)11-12/h2-9,11H,1H3. The SMILES string of the molecule is Cn1cccc1C(C#N)=Cc1ccc2nccn2c1. The van der Waals surface area contributed by atoms with E-state index in [0.717, 1.165) is 16.9 Å². The fraction of sp³-hybridized carbons (Fsp3) is 0.0667. The van der Waals surface area contributed by atoms with Crippen molar-refractivity contribution in [2.24, 2.45) is 7.05 Å². The Morgan fingerprint density at radius 1 is 1.32 bits per heavy atom. The molecule has 3 heterocycles. The van der Waals surface area contributed by atoms with Crippen molar-refractivity contribution in [2.75, 3.05) is 0 Å². The number of fused-ring (bicyclic) bond motifs is 1. The van der Waals surface area contributed by atoms with Crippen LogP contribution in [0.3, 0.4) is 0 Å². The van der Waals surface area contributed by atoms with Gasteiger partial charge < -0.3 is 8.97 Å². The highest BCUT2D eigenvalue weighted by Gasteiger charge is 2.04. The van der Waals surface area contributed by atoms with Crippen molar-refractivity contribution in [1.29, 1.82) is 5.26 Å². The molecule has 0 N–H and O–H groups in total. The number of aromatic nitrogens is 3. The van der Waals surface area contributed by atoms with Crippen LogP contribution in [0, 0.1) is 11.3 Å². The van der Waals surface area contributed by atoms with Crippen molar-refractivity contribution >= 4 is 17.3 Å². The maximum Gasteiger partial charge on any atom is 0.136 e. The van der Waals surface area contributed by atoms with Crippen molar-refractivity contribution in [3.8, 4) is 6.07 Å². The van der Waals surface area contributed by atoms with Gasteiger partial charge in [0.1, 0.15) is 11.7 Å². The Labute approximate surface area is 110 Å². The van der Waals surface area contributed by atoms with E-state index in [9.17, 15) is 5.26 Å². The minimum Gasteiger partial charge on any atom is -0.350 e. The summed E-state index contributed by atoms with van der Waals surface area (Å²) < 4.78 is 3.87. The number of hydrogen-bond donors (Lipinski definition) is 0. The van der Waals surface area contributed by atoms with E-state index in [2.05, 4.69) is 11.1 Å². The summed E-state index contributed by atoms with van der Waals surface area (Å²) in [4.78, 5) is 4.20. The minimum absolute atomic E-state index is 0.645. The maximum atomic E-state index is 9.31. The Morgan fingerprint density at radius 2 is 2.21 bits per heavy atom. The average molecular weight is 248 g/mol. The normalized spacial score (nSPS) is 11.7. The summed E-state index contributed by atoms with van der Waals surface area (Å²) in [5.41, 5.74) is 3.43. The molecule has 0 aliphatic rings. The summed E-state index contributed by atoms with van der Waals surface area (Å²) in [6, 6.07) is 10.0. The molecule has 92 valence electrons. The van der Waals surface area contributed by atoms with E-state index in [-0.39, 0.29) is 0 Å². The first-order chi connectivity index (χ1) is 9.28. The molecule has 0 aromatic carbocycles. The van der Waals surface area contributed by atoms with Crippen molar-refractivity contribution in [3.05, 3.63) is 60.3 Å². The van der Waals surface area contributed by atoms with Crippen LogP contribution in [0.15, 0.2) is 49.1 Å². The lowest BCUT2D eigenvalue weighted by molar-refractivity contribution is 0.911. The predicted molar refractivity (Wildman–Crippen MR) is 74.1 cm³/mol. The molecule has 0 aliphatic heterocycles. The molecule has 0 saturated heterocycles. The molecule has 4 heteroatoms. The van der Waals surface area contributed by atoms with Crippen LogP contribution in [0.1, 0.15) is 11.3 Å². The van der Waals surface area contributed by atoms with Gasteiger partial charge in [0.25, 0.3) is 0 Å². The van der Waals surface area contributed by atoms with E-state index in [1.165, 1.54) is 0 Å². The molecule has 0 bridgehead atoms. The second kappa shape index (κ2) is 4.46. The summed E-state index contributed by atoms with van der Waals surface area (Å²) >= 11 is 0. The molecule has 0 fully saturated rings. The first-order valence-corrected chi connectivity index (χ1v) is 5.94. The minimum atomic E-state index is 0.645. The van der Waals surface area contributed by atoms with Gasteiger partial charge in [0.15, 0.2) is 0 Å². The Balaban J connectivity index is 2.08. The highest BCUT2D eigenvalue weighted by Crippen LogP contribution is 2.18. The van der Waals surface area contributed by atoms with Crippen LogP contribution < -0.4 is 0 Å². The number of allylic oxidation sites excluding steroid dienone is 1. The molecule has 0 atom stereocenters.